The first-order valence-corrected chi connectivity index (χ1v) is 13.3. The van der Waals surface area contributed by atoms with E-state index in [4.69, 9.17) is 0 Å². The molecule has 0 heterocycles. The van der Waals surface area contributed by atoms with Gasteiger partial charge in [-0.1, -0.05) is 30.8 Å². The van der Waals surface area contributed by atoms with Crippen molar-refractivity contribution in [2.75, 3.05) is 23.3 Å². The quantitative estimate of drug-likeness (QED) is 0.115. The molecular weight excluding hydrogens is 536 g/mol. The third kappa shape index (κ3) is 7.68. The predicted molar refractivity (Wildman–Crippen MR) is 167 cm³/mol. The van der Waals surface area contributed by atoms with Crippen LogP contribution in [0.15, 0.2) is 106 Å². The van der Waals surface area contributed by atoms with Gasteiger partial charge in [0.25, 0.3) is 5.91 Å². The number of nitriles is 4. The molecule has 0 aromatic heterocycles. The van der Waals surface area contributed by atoms with Gasteiger partial charge in [-0.2, -0.15) is 31.3 Å². The lowest BCUT2D eigenvalue weighted by Gasteiger charge is -2.20. The number of nitrogens with one attached hydrogen (secondary N) is 1. The lowest BCUT2D eigenvalue weighted by Crippen LogP contribution is -2.21. The molecule has 43 heavy (non-hydrogen) atoms. The van der Waals surface area contributed by atoms with Gasteiger partial charge in [-0.05, 0) is 80.4 Å². The van der Waals surface area contributed by atoms with Crippen LogP contribution in [0.3, 0.4) is 0 Å². The standard InChI is InChI=1S/C34H28N8O/c1-5-42(6-2)31-17-15-30(16-18-31)41-40-29-13-9-25(10-14-29)33(27(21-37)22-38)32(26(19-35)20-36)24-7-11-28(12-8-24)39-34(43)23(3)4/h7-18H,3,5-6H2,1-2,4H3,(H,39,43). The average Bonchev–Trinajstić information content (AvgIpc) is 3.03. The maximum Gasteiger partial charge on any atom is 0.250 e. The Kier molecular flexibility index (Phi) is 10.8. The number of carbonyl (C=O) groups is 1. The Bertz CT molecular complexity index is 1730. The molecule has 9 heteroatoms. The number of allylic oxidation sites excluding steroid dienone is 4. The van der Waals surface area contributed by atoms with Gasteiger partial charge in [0.2, 0.25) is 0 Å². The normalized spacial score (nSPS) is 9.93. The lowest BCUT2D eigenvalue weighted by molar-refractivity contribution is -0.112. The first-order valence-electron chi connectivity index (χ1n) is 13.3. The Hall–Kier alpha value is -6.29. The summed E-state index contributed by atoms with van der Waals surface area (Å²) in [6.45, 7) is 11.2. The molecule has 3 aromatic carbocycles. The highest BCUT2D eigenvalue weighted by atomic mass is 16.1. The van der Waals surface area contributed by atoms with Crippen molar-refractivity contribution in [3.8, 4) is 24.3 Å². The van der Waals surface area contributed by atoms with Gasteiger partial charge in [0.1, 0.15) is 35.4 Å². The molecule has 210 valence electrons. The Morgan fingerprint density at radius 2 is 1.12 bits per heavy atom. The van der Waals surface area contributed by atoms with E-state index in [0.717, 1.165) is 18.8 Å². The van der Waals surface area contributed by atoms with E-state index in [2.05, 4.69) is 40.9 Å². The summed E-state index contributed by atoms with van der Waals surface area (Å²) < 4.78 is 0. The Balaban J connectivity index is 2.02. The summed E-state index contributed by atoms with van der Waals surface area (Å²) in [5.74, 6) is -0.357. The average molecular weight is 565 g/mol. The number of azo groups is 1. The van der Waals surface area contributed by atoms with Gasteiger partial charge in [0.05, 0.1) is 11.4 Å². The van der Waals surface area contributed by atoms with Gasteiger partial charge in [-0.3, -0.25) is 4.79 Å². The zero-order valence-corrected chi connectivity index (χ0v) is 24.1. The highest BCUT2D eigenvalue weighted by Crippen LogP contribution is 2.37. The second kappa shape index (κ2) is 14.9. The van der Waals surface area contributed by atoms with Crippen LogP contribution < -0.4 is 10.2 Å². The third-order valence-corrected chi connectivity index (χ3v) is 6.43. The predicted octanol–water partition coefficient (Wildman–Crippen LogP) is 7.76. The molecule has 3 aromatic rings. The van der Waals surface area contributed by atoms with Gasteiger partial charge in [0.15, 0.2) is 0 Å². The van der Waals surface area contributed by atoms with E-state index in [1.54, 1.807) is 55.5 Å². The van der Waals surface area contributed by atoms with E-state index in [-0.39, 0.29) is 28.2 Å². The molecule has 1 amide bonds. The lowest BCUT2D eigenvalue weighted by atomic mass is 9.86. The van der Waals surface area contributed by atoms with E-state index < -0.39 is 0 Å². The number of amides is 1. The maximum atomic E-state index is 12.0. The molecule has 0 aliphatic rings. The van der Waals surface area contributed by atoms with Crippen molar-refractivity contribution >= 4 is 39.8 Å². The van der Waals surface area contributed by atoms with E-state index in [0.29, 0.717) is 33.8 Å². The van der Waals surface area contributed by atoms with Crippen molar-refractivity contribution in [2.24, 2.45) is 10.2 Å². The molecule has 0 fully saturated rings. The Morgan fingerprint density at radius 1 is 0.721 bits per heavy atom. The summed E-state index contributed by atoms with van der Waals surface area (Å²) in [6, 6.07) is 28.3. The van der Waals surface area contributed by atoms with Gasteiger partial charge in [-0.15, -0.1) is 0 Å². The second-order valence-electron chi connectivity index (χ2n) is 9.19. The minimum atomic E-state index is -0.357. The van der Waals surface area contributed by atoms with E-state index in [1.165, 1.54) is 0 Å². The smallest absolute Gasteiger partial charge is 0.250 e. The Morgan fingerprint density at radius 3 is 1.49 bits per heavy atom. The zero-order chi connectivity index (χ0) is 31.4. The van der Waals surface area contributed by atoms with Crippen LogP contribution in [0.4, 0.5) is 22.7 Å². The number of nitrogens with zero attached hydrogens (tertiary/aromatic N) is 7. The SMILES string of the molecule is C=C(C)C(=O)Nc1ccc(C(=C(C#N)C#N)C(=C(C#N)C#N)c2ccc(N=Nc3ccc(N(CC)CC)cc3)cc2)cc1. The topological polar surface area (TPSA) is 152 Å². The first-order chi connectivity index (χ1) is 20.8. The summed E-state index contributed by atoms with van der Waals surface area (Å²) in [6.07, 6.45) is 0. The fourth-order valence-electron chi connectivity index (χ4n) is 4.19. The van der Waals surface area contributed by atoms with Crippen molar-refractivity contribution in [1.29, 1.82) is 21.0 Å². The molecule has 0 saturated carbocycles. The summed E-state index contributed by atoms with van der Waals surface area (Å²) in [5, 5.41) is 50.5. The van der Waals surface area contributed by atoms with Crippen molar-refractivity contribution in [1.82, 2.24) is 0 Å². The molecule has 0 bridgehead atoms. The zero-order valence-electron chi connectivity index (χ0n) is 24.1. The molecule has 0 aliphatic heterocycles. The number of benzene rings is 3. The number of carbonyl (C=O) groups excluding carboxylic acids is 1. The summed E-state index contributed by atoms with van der Waals surface area (Å²) in [4.78, 5) is 14.2. The van der Waals surface area contributed by atoms with Crippen molar-refractivity contribution in [3.05, 3.63) is 107 Å². The van der Waals surface area contributed by atoms with Gasteiger partial charge in [-0.25, -0.2) is 0 Å². The van der Waals surface area contributed by atoms with Crippen LogP contribution in [0, 0.1) is 45.3 Å². The van der Waals surface area contributed by atoms with E-state index in [9.17, 15) is 25.8 Å². The van der Waals surface area contributed by atoms with Crippen LogP contribution in [-0.4, -0.2) is 19.0 Å². The van der Waals surface area contributed by atoms with Crippen molar-refractivity contribution in [3.63, 3.8) is 0 Å². The molecule has 0 radical (unpaired) electrons. The van der Waals surface area contributed by atoms with Crippen LogP contribution in [0.2, 0.25) is 0 Å². The van der Waals surface area contributed by atoms with Gasteiger partial charge in [0, 0.05) is 41.2 Å². The minimum Gasteiger partial charge on any atom is -0.372 e. The summed E-state index contributed by atoms with van der Waals surface area (Å²) in [5.41, 5.74) is 3.61. The highest BCUT2D eigenvalue weighted by molar-refractivity contribution is 6.11. The van der Waals surface area contributed by atoms with Gasteiger partial charge < -0.3 is 10.2 Å². The van der Waals surface area contributed by atoms with Crippen LogP contribution in [0.25, 0.3) is 11.1 Å². The molecule has 0 spiro atoms. The maximum absolute atomic E-state index is 12.0. The monoisotopic (exact) mass is 564 g/mol. The van der Waals surface area contributed by atoms with E-state index >= 15 is 0 Å². The van der Waals surface area contributed by atoms with E-state index in [1.807, 2.05) is 48.5 Å². The Labute approximate surface area is 251 Å². The number of hydrogen-bond acceptors (Lipinski definition) is 8. The number of anilines is 2. The molecule has 0 saturated heterocycles. The van der Waals surface area contributed by atoms with Crippen molar-refractivity contribution in [2.45, 2.75) is 20.8 Å². The van der Waals surface area contributed by atoms with Gasteiger partial charge >= 0.3 is 0 Å². The highest BCUT2D eigenvalue weighted by Gasteiger charge is 2.21. The molecule has 3 rings (SSSR count). The van der Waals surface area contributed by atoms with Crippen LogP contribution >= 0.6 is 0 Å². The summed E-state index contributed by atoms with van der Waals surface area (Å²) >= 11 is 0. The van der Waals surface area contributed by atoms with Crippen LogP contribution in [0.1, 0.15) is 31.9 Å². The summed E-state index contributed by atoms with van der Waals surface area (Å²) in [7, 11) is 0. The molecule has 0 unspecified atom stereocenters. The minimum absolute atomic E-state index is 0.114. The number of rotatable bonds is 10. The molecule has 9 nitrogen and oxygen atoms in total. The van der Waals surface area contributed by atoms with Crippen molar-refractivity contribution < 1.29 is 4.79 Å². The van der Waals surface area contributed by atoms with Crippen LogP contribution in [0.5, 0.6) is 0 Å². The molecule has 0 atom stereocenters. The third-order valence-electron chi connectivity index (χ3n) is 6.43. The second-order valence-corrected chi connectivity index (χ2v) is 9.19. The molecule has 0 aliphatic carbocycles. The van der Waals surface area contributed by atoms with Crippen LogP contribution in [-0.2, 0) is 4.79 Å². The molecular formula is C34H28N8O. The first kappa shape index (κ1) is 31.2. The fraction of sp³-hybridized carbons (Fsp3) is 0.147. The fourth-order valence-corrected chi connectivity index (χ4v) is 4.19. The number of hydrogen-bond donors (Lipinski definition) is 1. The molecule has 1 N–H and O–H groups in total. The largest absolute Gasteiger partial charge is 0.372 e.